The van der Waals surface area contributed by atoms with Crippen LogP contribution in [0.25, 0.3) is 5.73 Å². The number of rotatable bonds is 1. The van der Waals surface area contributed by atoms with E-state index in [0.29, 0.717) is 0 Å². The van der Waals surface area contributed by atoms with Gasteiger partial charge in [0.2, 0.25) is 0 Å². The van der Waals surface area contributed by atoms with Crippen molar-refractivity contribution < 1.29 is 68.9 Å². The topological polar surface area (TPSA) is 35.8 Å². The molecule has 58 valence electrons. The fourth-order valence-corrected chi connectivity index (χ4v) is 1.18. The second-order valence-electron chi connectivity index (χ2n) is 1.93. The van der Waals surface area contributed by atoms with Crippen molar-refractivity contribution in [3.8, 4) is 0 Å². The standard InChI is InChI=1S/C7H7BrN2S.Cs/c8-5-3-1-2-4-6(5)10-7(9)11;/h1-4H,(H3,9,10,11);/q;+1/p-1. The summed E-state index contributed by atoms with van der Waals surface area (Å²) in [6.45, 7) is 0. The van der Waals surface area contributed by atoms with Gasteiger partial charge in [0.15, 0.2) is 0 Å². The second kappa shape index (κ2) is 6.83. The second-order valence-corrected chi connectivity index (χ2v) is 3.20. The molecule has 2 nitrogen and oxygen atoms in total. The van der Waals surface area contributed by atoms with Crippen LogP contribution in [0.1, 0.15) is 0 Å². The summed E-state index contributed by atoms with van der Waals surface area (Å²) in [5, 5.41) is 2.75. The molecule has 1 aromatic rings. The van der Waals surface area contributed by atoms with Gasteiger partial charge in [-0.1, -0.05) is 46.3 Å². The van der Waals surface area contributed by atoms with Crippen molar-refractivity contribution in [2.75, 3.05) is 5.32 Å². The summed E-state index contributed by atoms with van der Waals surface area (Å²) in [7, 11) is 0. The normalized spacial score (nSPS) is 8.42. The molecule has 0 atom stereocenters. The Morgan fingerprint density at radius 2 is 2.00 bits per heavy atom. The summed E-state index contributed by atoms with van der Waals surface area (Å²) in [5.41, 5.74) is 7.84. The van der Waals surface area contributed by atoms with Crippen LogP contribution in [-0.4, -0.2) is 5.11 Å². The van der Waals surface area contributed by atoms with E-state index < -0.39 is 0 Å². The smallest absolute Gasteiger partial charge is 0.473 e. The maximum absolute atomic E-state index is 7.01. The minimum Gasteiger partial charge on any atom is -0.473 e. The van der Waals surface area contributed by atoms with Gasteiger partial charge in [0.05, 0.1) is 0 Å². The van der Waals surface area contributed by atoms with Crippen molar-refractivity contribution in [1.82, 2.24) is 0 Å². The van der Waals surface area contributed by atoms with E-state index in [9.17, 15) is 0 Å². The Hall–Kier alpha value is 1.44. The molecule has 0 bridgehead atoms. The molecule has 0 aliphatic rings. The first kappa shape index (κ1) is 13.4. The quantitative estimate of drug-likeness (QED) is 0.724. The van der Waals surface area contributed by atoms with Gasteiger partial charge in [-0.3, -0.25) is 0 Å². The van der Waals surface area contributed by atoms with Gasteiger partial charge in [-0.2, -0.15) is 0 Å². The van der Waals surface area contributed by atoms with Gasteiger partial charge in [0.1, 0.15) is 0 Å². The van der Waals surface area contributed by atoms with Gasteiger partial charge in [0, 0.05) is 9.59 Å². The molecule has 0 radical (unpaired) electrons. The molecule has 5 heteroatoms. The zero-order valence-corrected chi connectivity index (χ0v) is 15.3. The third-order valence-electron chi connectivity index (χ3n) is 1.12. The molecule has 0 saturated heterocycles. The van der Waals surface area contributed by atoms with E-state index in [4.69, 9.17) is 5.73 Å². The molecule has 0 aliphatic carbocycles. The van der Waals surface area contributed by atoms with Crippen molar-refractivity contribution in [1.29, 1.82) is 0 Å². The Balaban J connectivity index is 0.00000121. The van der Waals surface area contributed by atoms with E-state index in [1.807, 2.05) is 24.3 Å². The number of halogens is 1. The summed E-state index contributed by atoms with van der Waals surface area (Å²) in [6, 6.07) is 7.53. The monoisotopic (exact) mass is 362 g/mol. The number of para-hydroxylation sites is 1. The fourth-order valence-electron chi connectivity index (χ4n) is 0.685. The number of benzene rings is 1. The van der Waals surface area contributed by atoms with Crippen LogP contribution in [0, 0.1) is 0 Å². The summed E-state index contributed by atoms with van der Waals surface area (Å²) in [4.78, 5) is 0. The summed E-state index contributed by atoms with van der Waals surface area (Å²) in [5.74, 6) is 0. The Labute approximate surface area is 144 Å². The van der Waals surface area contributed by atoms with Crippen LogP contribution < -0.4 is 74.2 Å². The molecule has 0 amide bonds. The van der Waals surface area contributed by atoms with E-state index in [0.717, 1.165) is 10.2 Å². The predicted octanol–water partition coefficient (Wildman–Crippen LogP) is 0.202. The average molecular weight is 363 g/mol. The third kappa shape index (κ3) is 4.61. The van der Waals surface area contributed by atoms with Crippen LogP contribution in [-0.2, 0) is 0 Å². The first-order valence-corrected chi connectivity index (χ1v) is 4.17. The molecule has 0 saturated carbocycles. The van der Waals surface area contributed by atoms with Crippen LogP contribution in [0.2, 0.25) is 0 Å². The van der Waals surface area contributed by atoms with E-state index in [1.54, 1.807) is 0 Å². The van der Waals surface area contributed by atoms with Crippen LogP contribution in [0.5, 0.6) is 0 Å². The van der Waals surface area contributed by atoms with E-state index in [-0.39, 0.29) is 74.0 Å². The maximum Gasteiger partial charge on any atom is 1.00 e. The minimum atomic E-state index is 0. The Morgan fingerprint density at radius 1 is 1.42 bits per heavy atom. The number of hydrogen-bond donors (Lipinski definition) is 1. The third-order valence-corrected chi connectivity index (χ3v) is 1.92. The molecule has 0 spiro atoms. The molecular weight excluding hydrogens is 357 g/mol. The summed E-state index contributed by atoms with van der Waals surface area (Å²) >= 11 is 7.89. The minimum absolute atomic E-state index is 0. The number of hydrogen-bond acceptors (Lipinski definition) is 1. The van der Waals surface area contributed by atoms with Gasteiger partial charge in [-0.05, 0) is 11.8 Å². The van der Waals surface area contributed by atoms with E-state index >= 15 is 0 Å². The summed E-state index contributed by atoms with van der Waals surface area (Å²) < 4.78 is 0.912. The number of anilines is 1. The first-order valence-electron chi connectivity index (χ1n) is 2.97. The molecule has 12 heavy (non-hydrogen) atoms. The Bertz CT molecular complexity index is 280. The molecular formula is C7H6BrCsN2S. The van der Waals surface area contributed by atoms with Gasteiger partial charge in [-0.15, -0.1) is 0 Å². The molecule has 0 fully saturated rings. The molecule has 1 aromatic carbocycles. The number of thiocarbonyl (C=S) groups is 1. The van der Waals surface area contributed by atoms with Crippen molar-refractivity contribution in [3.05, 3.63) is 34.5 Å². The fraction of sp³-hybridized carbons (Fsp3) is 0. The van der Waals surface area contributed by atoms with Gasteiger partial charge in [0.25, 0.3) is 0 Å². The van der Waals surface area contributed by atoms with E-state index in [2.05, 4.69) is 33.5 Å². The van der Waals surface area contributed by atoms with Crippen LogP contribution >= 0.6 is 28.1 Å². The maximum atomic E-state index is 7.01. The molecule has 0 aliphatic heterocycles. The van der Waals surface area contributed by atoms with Crippen molar-refractivity contribution >= 4 is 38.9 Å². The zero-order chi connectivity index (χ0) is 8.27. The van der Waals surface area contributed by atoms with Crippen molar-refractivity contribution in [2.24, 2.45) is 0 Å². The predicted molar refractivity (Wildman–Crippen MR) is 54.7 cm³/mol. The van der Waals surface area contributed by atoms with Gasteiger partial charge < -0.3 is 11.1 Å². The van der Waals surface area contributed by atoms with Crippen LogP contribution in [0.15, 0.2) is 28.7 Å². The Kier molecular flexibility index (Phi) is 7.65. The molecule has 0 unspecified atom stereocenters. The van der Waals surface area contributed by atoms with Crippen molar-refractivity contribution in [2.45, 2.75) is 0 Å². The average Bonchev–Trinajstić information content (AvgIpc) is 1.93. The first-order chi connectivity index (χ1) is 5.20. The van der Waals surface area contributed by atoms with Crippen molar-refractivity contribution in [3.63, 3.8) is 0 Å². The molecule has 0 heterocycles. The molecule has 2 N–H and O–H groups in total. The SMILES string of the molecule is [Cs+].[NH-]C(=S)Nc1ccccc1Br. The number of nitrogens with one attached hydrogen (secondary N) is 2. The molecule has 0 aromatic heterocycles. The van der Waals surface area contributed by atoms with Crippen LogP contribution in [0.3, 0.4) is 0 Å². The van der Waals surface area contributed by atoms with Gasteiger partial charge >= 0.3 is 68.9 Å². The van der Waals surface area contributed by atoms with Crippen LogP contribution in [0.4, 0.5) is 5.69 Å². The Morgan fingerprint density at radius 3 is 2.50 bits per heavy atom. The molecule has 1 rings (SSSR count). The zero-order valence-electron chi connectivity index (χ0n) is 6.60. The summed E-state index contributed by atoms with van der Waals surface area (Å²) in [6.07, 6.45) is 0. The van der Waals surface area contributed by atoms with E-state index in [1.165, 1.54) is 0 Å². The van der Waals surface area contributed by atoms with Gasteiger partial charge in [-0.25, -0.2) is 0 Å². The largest absolute Gasteiger partial charge is 1.00 e.